The topological polar surface area (TPSA) is 186 Å². The van der Waals surface area contributed by atoms with Crippen molar-refractivity contribution in [1.82, 2.24) is 0 Å². The van der Waals surface area contributed by atoms with Crippen LogP contribution in [-0.4, -0.2) is 96.0 Å². The second-order valence-electron chi connectivity index (χ2n) is 19.0. The molecule has 0 aromatic carbocycles. The van der Waals surface area contributed by atoms with E-state index in [1.165, 1.54) is 173 Å². The van der Waals surface area contributed by atoms with E-state index in [1.54, 1.807) is 0 Å². The van der Waals surface area contributed by atoms with Crippen LogP contribution in [0.25, 0.3) is 0 Å². The third kappa shape index (κ3) is 37.0. The predicted molar refractivity (Wildman–Crippen MR) is 261 cm³/mol. The van der Waals surface area contributed by atoms with Crippen molar-refractivity contribution in [1.29, 1.82) is 0 Å². The number of carbonyl (C=O) groups excluding carboxylic acids is 2. The second kappa shape index (κ2) is 42.5. The third-order valence-corrected chi connectivity index (χ3v) is 13.5. The minimum Gasteiger partial charge on any atom is -0.462 e. The number of esters is 2. The number of hydrogen-bond donors (Lipinski definition) is 4. The lowest BCUT2D eigenvalue weighted by Crippen LogP contribution is -2.60. The average molecular weight is 947 g/mol. The minimum atomic E-state index is -4.60. The van der Waals surface area contributed by atoms with Crippen LogP contribution in [0.5, 0.6) is 0 Å². The monoisotopic (exact) mass is 947 g/mol. The smallest absolute Gasteiger partial charge is 0.306 e. The van der Waals surface area contributed by atoms with Gasteiger partial charge in [-0.25, -0.2) is 0 Å². The summed E-state index contributed by atoms with van der Waals surface area (Å²) in [5, 5.41) is 31.0. The van der Waals surface area contributed by atoms with E-state index in [4.69, 9.17) is 18.9 Å². The van der Waals surface area contributed by atoms with Gasteiger partial charge in [0, 0.05) is 12.8 Å². The first-order chi connectivity index (χ1) is 31.5. The molecule has 12 nitrogen and oxygen atoms in total. The fraction of sp³-hybridized carbons (Fsp3) is 0.923. The zero-order valence-electron chi connectivity index (χ0n) is 41.2. The summed E-state index contributed by atoms with van der Waals surface area (Å²) in [5.41, 5.74) is 0. The van der Waals surface area contributed by atoms with E-state index in [0.29, 0.717) is 12.8 Å². The molecule has 0 aromatic heterocycles. The highest BCUT2D eigenvalue weighted by atomic mass is 32.2. The zero-order chi connectivity index (χ0) is 47.6. The summed E-state index contributed by atoms with van der Waals surface area (Å²) in [6.45, 7) is 5.34. The van der Waals surface area contributed by atoms with Gasteiger partial charge in [-0.2, -0.15) is 8.42 Å². The van der Waals surface area contributed by atoms with E-state index in [9.17, 15) is 37.9 Å². The Balaban J connectivity index is 2.32. The van der Waals surface area contributed by atoms with Crippen molar-refractivity contribution in [2.75, 3.05) is 19.0 Å². The van der Waals surface area contributed by atoms with Crippen molar-refractivity contribution in [2.45, 2.75) is 288 Å². The molecule has 1 fully saturated rings. The average Bonchev–Trinajstić information content (AvgIpc) is 3.27. The molecule has 1 aliphatic heterocycles. The first-order valence-electron chi connectivity index (χ1n) is 26.7. The fourth-order valence-electron chi connectivity index (χ4n) is 8.60. The highest BCUT2D eigenvalue weighted by molar-refractivity contribution is 7.85. The number of aliphatic hydroxyl groups is 3. The molecule has 384 valence electrons. The van der Waals surface area contributed by atoms with Gasteiger partial charge in [-0.1, -0.05) is 218 Å². The Morgan fingerprint density at radius 2 is 0.908 bits per heavy atom. The number of allylic oxidation sites excluding steroid dienone is 1. The Kier molecular flexibility index (Phi) is 40.1. The van der Waals surface area contributed by atoms with Gasteiger partial charge in [0.05, 0.1) is 6.61 Å². The molecule has 0 amide bonds. The van der Waals surface area contributed by atoms with E-state index in [0.717, 1.165) is 44.9 Å². The molecule has 2 unspecified atom stereocenters. The summed E-state index contributed by atoms with van der Waals surface area (Å²) in [6.07, 6.45) is 37.2. The van der Waals surface area contributed by atoms with Gasteiger partial charge < -0.3 is 34.3 Å². The number of hydrogen-bond acceptors (Lipinski definition) is 11. The van der Waals surface area contributed by atoms with Crippen molar-refractivity contribution < 1.29 is 56.8 Å². The molecule has 1 heterocycles. The van der Waals surface area contributed by atoms with Crippen LogP contribution >= 0.6 is 0 Å². The van der Waals surface area contributed by atoms with Crippen molar-refractivity contribution >= 4 is 22.1 Å². The summed E-state index contributed by atoms with van der Waals surface area (Å²) in [5.74, 6) is -1.97. The van der Waals surface area contributed by atoms with E-state index >= 15 is 0 Å². The molecule has 13 heteroatoms. The van der Waals surface area contributed by atoms with Crippen molar-refractivity contribution in [3.8, 4) is 0 Å². The molecule has 0 spiro atoms. The normalized spacial score (nSPS) is 19.3. The number of unbranched alkanes of at least 4 members (excludes halogenated alkanes) is 34. The Bertz CT molecular complexity index is 1230. The molecule has 0 bridgehead atoms. The fourth-order valence-corrected chi connectivity index (χ4v) is 9.29. The Morgan fingerprint density at radius 1 is 0.538 bits per heavy atom. The van der Waals surface area contributed by atoms with Gasteiger partial charge in [0.1, 0.15) is 36.8 Å². The van der Waals surface area contributed by atoms with Crippen LogP contribution in [0.4, 0.5) is 0 Å². The molecule has 1 aliphatic rings. The van der Waals surface area contributed by atoms with Crippen molar-refractivity contribution in [3.63, 3.8) is 0 Å². The highest BCUT2D eigenvalue weighted by Crippen LogP contribution is 2.24. The van der Waals surface area contributed by atoms with E-state index in [1.807, 2.05) is 6.08 Å². The number of carbonyl (C=O) groups is 2. The van der Waals surface area contributed by atoms with Crippen LogP contribution in [0.3, 0.4) is 0 Å². The first-order valence-corrected chi connectivity index (χ1v) is 28.3. The van der Waals surface area contributed by atoms with Gasteiger partial charge in [-0.05, 0) is 25.7 Å². The first kappa shape index (κ1) is 61.4. The lowest BCUT2D eigenvalue weighted by Gasteiger charge is -2.40. The molecular weight excluding hydrogens is 849 g/mol. The standard InChI is InChI=1S/C52H98O12S/c1-3-5-7-9-11-13-15-17-19-20-21-22-23-24-25-27-29-31-33-35-37-39-41-48(54)63-45(43-62-52-51(57)50(56)49(55)46(64-52)44-65(58,59)60)42-61-47(53)40-38-36-34-32-30-28-26-18-16-14-12-10-8-6-4-2/h4,45-46,49-52,55-57H,2-3,5-44H2,1H3,(H,58,59,60)/t45-,46-,49-,50?,51?,52+/m1/s1. The van der Waals surface area contributed by atoms with Gasteiger partial charge in [-0.15, -0.1) is 6.58 Å². The Labute approximate surface area is 396 Å². The molecule has 0 aliphatic carbocycles. The lowest BCUT2D eigenvalue weighted by molar-refractivity contribution is -0.297. The molecule has 1 saturated heterocycles. The van der Waals surface area contributed by atoms with Crippen molar-refractivity contribution in [3.05, 3.63) is 12.7 Å². The quantitative estimate of drug-likeness (QED) is 0.0196. The lowest BCUT2D eigenvalue weighted by atomic mass is 10.00. The second-order valence-corrected chi connectivity index (χ2v) is 20.5. The molecule has 0 saturated carbocycles. The van der Waals surface area contributed by atoms with Crippen LogP contribution in [-0.2, 0) is 38.7 Å². The maximum absolute atomic E-state index is 12.9. The predicted octanol–water partition coefficient (Wildman–Crippen LogP) is 12.2. The summed E-state index contributed by atoms with van der Waals surface area (Å²) >= 11 is 0. The molecule has 0 radical (unpaired) electrons. The number of ether oxygens (including phenoxy) is 4. The molecule has 0 aromatic rings. The van der Waals surface area contributed by atoms with Gasteiger partial charge in [0.25, 0.3) is 10.1 Å². The molecule has 1 rings (SSSR count). The van der Waals surface area contributed by atoms with Crippen molar-refractivity contribution in [2.24, 2.45) is 0 Å². The van der Waals surface area contributed by atoms with Crippen LogP contribution in [0.2, 0.25) is 0 Å². The van der Waals surface area contributed by atoms with E-state index in [-0.39, 0.29) is 19.4 Å². The Morgan fingerprint density at radius 3 is 1.29 bits per heavy atom. The summed E-state index contributed by atoms with van der Waals surface area (Å²) in [6, 6.07) is 0. The van der Waals surface area contributed by atoms with Gasteiger partial charge in [-0.3, -0.25) is 14.1 Å². The molecule has 6 atom stereocenters. The zero-order valence-corrected chi connectivity index (χ0v) is 42.0. The molecular formula is C52H98O12S. The van der Waals surface area contributed by atoms with Crippen LogP contribution in [0.15, 0.2) is 12.7 Å². The maximum Gasteiger partial charge on any atom is 0.306 e. The van der Waals surface area contributed by atoms with Crippen LogP contribution in [0.1, 0.15) is 251 Å². The van der Waals surface area contributed by atoms with Gasteiger partial charge in [0.2, 0.25) is 0 Å². The van der Waals surface area contributed by atoms with Gasteiger partial charge in [0.15, 0.2) is 12.4 Å². The summed E-state index contributed by atoms with van der Waals surface area (Å²) < 4.78 is 54.3. The number of aliphatic hydroxyl groups excluding tert-OH is 3. The third-order valence-electron chi connectivity index (χ3n) is 12.7. The maximum atomic E-state index is 12.9. The Hall–Kier alpha value is -1.61. The summed E-state index contributed by atoms with van der Waals surface area (Å²) in [7, 11) is -4.60. The van der Waals surface area contributed by atoms with E-state index < -0.39 is 71.2 Å². The molecule has 4 N–H and O–H groups in total. The summed E-state index contributed by atoms with van der Waals surface area (Å²) in [4.78, 5) is 25.5. The SMILES string of the molecule is C=CCCCCCCCCCCCCCCCC(=O)OC[C@H](CO[C@H]1O[C@H](CS(=O)(=O)O)[C@@H](O)C(O)C1O)OC(=O)CCCCCCCCCCCCCCCCCCCCCCCC. The van der Waals surface area contributed by atoms with Gasteiger partial charge >= 0.3 is 11.9 Å². The van der Waals surface area contributed by atoms with Crippen LogP contribution in [0, 0.1) is 0 Å². The van der Waals surface area contributed by atoms with Crippen LogP contribution < -0.4 is 0 Å². The largest absolute Gasteiger partial charge is 0.462 e. The minimum absolute atomic E-state index is 0.171. The number of rotatable bonds is 47. The molecule has 65 heavy (non-hydrogen) atoms. The van der Waals surface area contributed by atoms with E-state index in [2.05, 4.69) is 13.5 Å². The highest BCUT2D eigenvalue weighted by Gasteiger charge is 2.46.